The van der Waals surface area contributed by atoms with Crippen LogP contribution in [0.15, 0.2) is 16.0 Å². The number of H-pyrrole nitrogens is 2. The van der Waals surface area contributed by atoms with Crippen LogP contribution in [0.25, 0.3) is 0 Å². The van der Waals surface area contributed by atoms with Gasteiger partial charge < -0.3 is 15.1 Å². The third kappa shape index (κ3) is 1.93. The van der Waals surface area contributed by atoms with E-state index < -0.39 is 0 Å². The highest BCUT2D eigenvalue weighted by molar-refractivity contribution is 7.99. The lowest BCUT2D eigenvalue weighted by atomic mass is 10.9. The maximum absolute atomic E-state index is 10.5. The fourth-order valence-corrected chi connectivity index (χ4v) is 1.17. The highest BCUT2D eigenvalue weighted by atomic mass is 32.2. The van der Waals surface area contributed by atoms with Gasteiger partial charge in [0.05, 0.1) is 11.6 Å². The molecule has 0 radical (unpaired) electrons. The molecule has 0 saturated carbocycles. The second-order valence-corrected chi connectivity index (χ2v) is 2.82. The molecule has 3 N–H and O–H groups in total. The minimum atomic E-state index is -0.208. The predicted molar refractivity (Wildman–Crippen MR) is 39.2 cm³/mol. The average molecular weight is 160 g/mol. The highest BCUT2D eigenvalue weighted by Crippen LogP contribution is 2.10. The number of imidazole rings is 1. The molecule has 56 valence electrons. The zero-order valence-corrected chi connectivity index (χ0v) is 6.07. The molecule has 0 atom stereocenters. The van der Waals surface area contributed by atoms with Crippen molar-refractivity contribution in [2.75, 3.05) is 12.4 Å². The van der Waals surface area contributed by atoms with Crippen molar-refractivity contribution in [3.63, 3.8) is 0 Å². The van der Waals surface area contributed by atoms with Gasteiger partial charge in [-0.1, -0.05) is 0 Å². The molecule has 0 aliphatic rings. The monoisotopic (exact) mass is 160 g/mol. The first-order chi connectivity index (χ1) is 4.83. The van der Waals surface area contributed by atoms with E-state index in [4.69, 9.17) is 5.11 Å². The fourth-order valence-electron chi connectivity index (χ4n) is 0.549. The molecule has 1 aromatic rings. The third-order valence-corrected chi connectivity index (χ3v) is 1.84. The van der Waals surface area contributed by atoms with E-state index in [1.54, 1.807) is 6.20 Å². The van der Waals surface area contributed by atoms with Gasteiger partial charge in [0.25, 0.3) is 0 Å². The van der Waals surface area contributed by atoms with Gasteiger partial charge in [-0.05, 0) is 0 Å². The molecule has 0 fully saturated rings. The van der Waals surface area contributed by atoms with Crippen LogP contribution >= 0.6 is 11.8 Å². The number of thioether (sulfide) groups is 1. The van der Waals surface area contributed by atoms with Crippen LogP contribution in [0.5, 0.6) is 0 Å². The Morgan fingerprint density at radius 3 is 3.00 bits per heavy atom. The minimum Gasteiger partial charge on any atom is -0.396 e. The molecule has 0 aliphatic carbocycles. The van der Waals surface area contributed by atoms with Gasteiger partial charge in [-0.15, -0.1) is 11.8 Å². The van der Waals surface area contributed by atoms with Crippen LogP contribution in [0.3, 0.4) is 0 Å². The summed E-state index contributed by atoms with van der Waals surface area (Å²) in [6.45, 7) is 0.123. The molecule has 0 aliphatic heterocycles. The fraction of sp³-hybridized carbons (Fsp3) is 0.400. The molecular formula is C5H8N2O2S. The quantitative estimate of drug-likeness (QED) is 0.536. The summed E-state index contributed by atoms with van der Waals surface area (Å²) in [5, 5.41) is 9.17. The number of hydrogen-bond donors (Lipinski definition) is 3. The molecule has 0 bridgehead atoms. The van der Waals surface area contributed by atoms with E-state index in [9.17, 15) is 4.79 Å². The van der Waals surface area contributed by atoms with E-state index in [1.807, 2.05) is 0 Å². The predicted octanol–water partition coefficient (Wildman–Crippen LogP) is -0.213. The molecule has 0 unspecified atom stereocenters. The van der Waals surface area contributed by atoms with Crippen LogP contribution in [0, 0.1) is 0 Å². The van der Waals surface area contributed by atoms with Crippen LogP contribution < -0.4 is 5.69 Å². The van der Waals surface area contributed by atoms with Crippen molar-refractivity contribution >= 4 is 11.8 Å². The molecule has 0 saturated heterocycles. The maximum atomic E-state index is 10.5. The zero-order valence-electron chi connectivity index (χ0n) is 5.26. The summed E-state index contributed by atoms with van der Waals surface area (Å²) in [5.41, 5.74) is -0.208. The largest absolute Gasteiger partial charge is 0.396 e. The normalized spacial score (nSPS) is 10.1. The van der Waals surface area contributed by atoms with Crippen molar-refractivity contribution in [2.24, 2.45) is 0 Å². The van der Waals surface area contributed by atoms with Crippen molar-refractivity contribution in [1.29, 1.82) is 0 Å². The van der Waals surface area contributed by atoms with Crippen molar-refractivity contribution in [3.8, 4) is 0 Å². The SMILES string of the molecule is O=c1[nH]cc(SCCO)[nH]1. The van der Waals surface area contributed by atoms with E-state index in [-0.39, 0.29) is 12.3 Å². The molecule has 5 heteroatoms. The summed E-state index contributed by atoms with van der Waals surface area (Å²) in [6, 6.07) is 0. The Labute approximate surface area is 61.7 Å². The van der Waals surface area contributed by atoms with Crippen LogP contribution in [0.4, 0.5) is 0 Å². The standard InChI is InChI=1S/C5H8N2O2S/c8-1-2-10-4-3-6-5(9)7-4/h3,8H,1-2H2,(H2,6,7,9). The number of hydrogen-bond acceptors (Lipinski definition) is 3. The molecule has 0 spiro atoms. The first-order valence-electron chi connectivity index (χ1n) is 2.84. The Kier molecular flexibility index (Phi) is 2.58. The summed E-state index contributed by atoms with van der Waals surface area (Å²) >= 11 is 1.40. The molecule has 0 aromatic carbocycles. The molecule has 4 nitrogen and oxygen atoms in total. The van der Waals surface area contributed by atoms with Gasteiger partial charge in [0, 0.05) is 11.9 Å². The van der Waals surface area contributed by atoms with Gasteiger partial charge in [0.1, 0.15) is 0 Å². The number of aromatic nitrogens is 2. The number of nitrogens with one attached hydrogen (secondary N) is 2. The van der Waals surface area contributed by atoms with E-state index in [0.29, 0.717) is 5.75 Å². The summed E-state index contributed by atoms with van der Waals surface area (Å²) in [4.78, 5) is 15.5. The summed E-state index contributed by atoms with van der Waals surface area (Å²) < 4.78 is 0. The van der Waals surface area contributed by atoms with Gasteiger partial charge >= 0.3 is 5.69 Å². The third-order valence-electron chi connectivity index (χ3n) is 0.920. The topological polar surface area (TPSA) is 68.9 Å². The van der Waals surface area contributed by atoms with Crippen LogP contribution in [-0.2, 0) is 0 Å². The Morgan fingerprint density at radius 1 is 1.70 bits per heavy atom. The Balaban J connectivity index is 2.50. The molecule has 1 aromatic heterocycles. The van der Waals surface area contributed by atoms with Gasteiger partial charge in [-0.2, -0.15) is 0 Å². The maximum Gasteiger partial charge on any atom is 0.323 e. The number of aliphatic hydroxyl groups is 1. The smallest absolute Gasteiger partial charge is 0.323 e. The second kappa shape index (κ2) is 3.48. The molecule has 0 amide bonds. The Bertz CT molecular complexity index is 242. The Morgan fingerprint density at radius 2 is 2.50 bits per heavy atom. The Hall–Kier alpha value is -0.680. The van der Waals surface area contributed by atoms with E-state index in [2.05, 4.69) is 9.97 Å². The van der Waals surface area contributed by atoms with E-state index >= 15 is 0 Å². The zero-order chi connectivity index (χ0) is 7.40. The molecular weight excluding hydrogens is 152 g/mol. The first kappa shape index (κ1) is 7.43. The number of aliphatic hydroxyl groups excluding tert-OH is 1. The lowest BCUT2D eigenvalue weighted by Crippen LogP contribution is -1.99. The number of aromatic amines is 2. The summed E-state index contributed by atoms with van der Waals surface area (Å²) in [7, 11) is 0. The second-order valence-electron chi connectivity index (χ2n) is 1.68. The van der Waals surface area contributed by atoms with Crippen LogP contribution in [0.2, 0.25) is 0 Å². The van der Waals surface area contributed by atoms with Crippen LogP contribution in [-0.4, -0.2) is 27.4 Å². The summed E-state index contributed by atoms with van der Waals surface area (Å²) in [5.74, 6) is 0.605. The van der Waals surface area contributed by atoms with Gasteiger partial charge in [-0.3, -0.25) is 0 Å². The van der Waals surface area contributed by atoms with E-state index in [0.717, 1.165) is 5.03 Å². The highest BCUT2D eigenvalue weighted by Gasteiger charge is 1.93. The lowest BCUT2D eigenvalue weighted by molar-refractivity contribution is 0.322. The van der Waals surface area contributed by atoms with Crippen molar-refractivity contribution < 1.29 is 5.11 Å². The number of rotatable bonds is 3. The minimum absolute atomic E-state index is 0.123. The van der Waals surface area contributed by atoms with Crippen LogP contribution in [0.1, 0.15) is 0 Å². The average Bonchev–Trinajstić information content (AvgIpc) is 2.31. The molecule has 1 heterocycles. The van der Waals surface area contributed by atoms with E-state index in [1.165, 1.54) is 11.8 Å². The molecule has 10 heavy (non-hydrogen) atoms. The molecule has 1 rings (SSSR count). The van der Waals surface area contributed by atoms with Crippen molar-refractivity contribution in [3.05, 3.63) is 16.7 Å². The van der Waals surface area contributed by atoms with Crippen molar-refractivity contribution in [2.45, 2.75) is 5.03 Å². The van der Waals surface area contributed by atoms with Crippen molar-refractivity contribution in [1.82, 2.24) is 9.97 Å². The lowest BCUT2D eigenvalue weighted by Gasteiger charge is -1.90. The van der Waals surface area contributed by atoms with Gasteiger partial charge in [0.2, 0.25) is 0 Å². The van der Waals surface area contributed by atoms with Gasteiger partial charge in [0.15, 0.2) is 0 Å². The first-order valence-corrected chi connectivity index (χ1v) is 3.83. The van der Waals surface area contributed by atoms with Gasteiger partial charge in [-0.25, -0.2) is 4.79 Å². The summed E-state index contributed by atoms with van der Waals surface area (Å²) in [6.07, 6.45) is 1.59.